The number of likely N-dealkylation sites (N-methyl/N-ethyl adjacent to an activating group) is 2. The summed E-state index contributed by atoms with van der Waals surface area (Å²) >= 11 is 0. The van der Waals surface area contributed by atoms with Crippen molar-refractivity contribution in [1.82, 2.24) is 0 Å². The third-order valence-electron chi connectivity index (χ3n) is 7.05. The zero-order valence-electron chi connectivity index (χ0n) is 18.6. The Morgan fingerprint density at radius 3 is 1.37 bits per heavy atom. The molecule has 0 aromatic heterocycles. The molecule has 0 N–H and O–H groups in total. The van der Waals surface area contributed by atoms with Gasteiger partial charge in [0.2, 0.25) is 0 Å². The molecule has 8 heteroatoms. The summed E-state index contributed by atoms with van der Waals surface area (Å²) in [6, 6.07) is 0. The summed E-state index contributed by atoms with van der Waals surface area (Å²) in [6.45, 7) is 8.55. The van der Waals surface area contributed by atoms with E-state index in [9.17, 15) is 0 Å². The van der Waals surface area contributed by atoms with Crippen molar-refractivity contribution in [3.63, 3.8) is 0 Å². The number of rotatable bonds is 6. The second kappa shape index (κ2) is 12.4. The molecule has 30 heavy (non-hydrogen) atoms. The van der Waals surface area contributed by atoms with Crippen molar-refractivity contribution in [2.75, 3.05) is 66.6 Å². The number of nitrogens with zero attached hydrogens (tertiary/aromatic N) is 2. The summed E-state index contributed by atoms with van der Waals surface area (Å²) in [7, 11) is 4.72. The fourth-order valence-electron chi connectivity index (χ4n) is 5.42. The van der Waals surface area contributed by atoms with Gasteiger partial charge in [-0.05, 0) is 50.7 Å². The van der Waals surface area contributed by atoms with E-state index < -0.39 is 0 Å². The molecule has 6 nitrogen and oxygen atoms in total. The number of ether oxygens (including phenoxy) is 4. The fraction of sp³-hybridized carbons (Fsp3) is 0.909. The third kappa shape index (κ3) is 7.78. The van der Waals surface area contributed by atoms with Gasteiger partial charge < -0.3 is 75.9 Å². The molecule has 0 aromatic carbocycles. The maximum atomic E-state index is 6.11. The smallest absolute Gasteiger partial charge is 0.177 e. The van der Waals surface area contributed by atoms with Crippen molar-refractivity contribution in [1.29, 1.82) is 0 Å². The largest absolute Gasteiger partial charge is 1.00 e. The van der Waals surface area contributed by atoms with E-state index in [-0.39, 0.29) is 72.7 Å². The molecule has 4 rings (SSSR count). The lowest BCUT2D eigenvalue weighted by atomic mass is 10.1. The number of piperidine rings is 2. The minimum atomic E-state index is -0.265. The molecule has 4 aliphatic rings. The lowest BCUT2D eigenvalue weighted by Crippen LogP contribution is -3.00. The van der Waals surface area contributed by atoms with Crippen LogP contribution in [-0.2, 0) is 18.9 Å². The van der Waals surface area contributed by atoms with Crippen LogP contribution >= 0.6 is 0 Å². The van der Waals surface area contributed by atoms with Crippen LogP contribution in [0.15, 0.2) is 12.2 Å². The van der Waals surface area contributed by atoms with Crippen molar-refractivity contribution in [2.24, 2.45) is 0 Å². The van der Waals surface area contributed by atoms with Gasteiger partial charge in [-0.1, -0.05) is 0 Å². The molecule has 4 saturated heterocycles. The van der Waals surface area contributed by atoms with Gasteiger partial charge in [0, 0.05) is 0 Å². The molecule has 0 radical (unpaired) electrons. The van der Waals surface area contributed by atoms with E-state index in [0.717, 1.165) is 22.1 Å². The first kappa shape index (κ1) is 27.2. The van der Waals surface area contributed by atoms with Crippen LogP contribution in [0.2, 0.25) is 0 Å². The highest BCUT2D eigenvalue weighted by Gasteiger charge is 2.36. The van der Waals surface area contributed by atoms with E-state index in [1.807, 2.05) is 12.2 Å². The molecule has 4 unspecified atom stereocenters. The van der Waals surface area contributed by atoms with E-state index in [2.05, 4.69) is 14.1 Å². The van der Waals surface area contributed by atoms with E-state index in [4.69, 9.17) is 18.9 Å². The molecule has 4 atom stereocenters. The van der Waals surface area contributed by atoms with Gasteiger partial charge in [0.15, 0.2) is 12.6 Å². The molecule has 0 amide bonds. The van der Waals surface area contributed by atoms with Crippen LogP contribution < -0.4 is 48.0 Å². The van der Waals surface area contributed by atoms with E-state index in [1.54, 1.807) is 0 Å². The summed E-state index contributed by atoms with van der Waals surface area (Å²) in [6.07, 6.45) is 11.9. The topological polar surface area (TPSA) is 36.9 Å². The van der Waals surface area contributed by atoms with Crippen molar-refractivity contribution >= 4 is 0 Å². The van der Waals surface area contributed by atoms with Crippen LogP contribution in [0.1, 0.15) is 38.5 Å². The highest BCUT2D eigenvalue weighted by Crippen LogP contribution is 2.23. The second-order valence-corrected chi connectivity index (χ2v) is 9.92. The van der Waals surface area contributed by atoms with E-state index in [1.165, 1.54) is 64.7 Å². The third-order valence-corrected chi connectivity index (χ3v) is 7.05. The molecule has 4 heterocycles. The van der Waals surface area contributed by atoms with Crippen molar-refractivity contribution in [3.05, 3.63) is 12.2 Å². The van der Waals surface area contributed by atoms with Crippen molar-refractivity contribution in [3.8, 4) is 0 Å². The molecular weight excluding hydrogens is 610 g/mol. The number of hydrogen-bond donors (Lipinski definition) is 0. The molecule has 0 spiro atoms. The van der Waals surface area contributed by atoms with Gasteiger partial charge in [0.05, 0.1) is 53.5 Å². The van der Waals surface area contributed by atoms with Crippen LogP contribution in [0.5, 0.6) is 0 Å². The summed E-state index contributed by atoms with van der Waals surface area (Å²) in [5.41, 5.74) is 0. The Balaban J connectivity index is 0.00000160. The normalized spacial score (nSPS) is 35.7. The number of quaternary nitrogens is 2. The summed E-state index contributed by atoms with van der Waals surface area (Å²) in [5.74, 6) is 0. The second-order valence-electron chi connectivity index (χ2n) is 9.92. The van der Waals surface area contributed by atoms with Crippen LogP contribution in [0, 0.1) is 0 Å². The first-order valence-electron chi connectivity index (χ1n) is 11.4. The SMILES string of the molecule is C[N+]1(CC2COC(/C=C/C3OCC(C[N+]4(C)CCCCC4)O3)O2)CCCCC1.[I-].[I-]. The summed E-state index contributed by atoms with van der Waals surface area (Å²) in [5, 5.41) is 0. The molecule has 0 aliphatic carbocycles. The Kier molecular flexibility index (Phi) is 11.3. The predicted molar refractivity (Wildman–Crippen MR) is 108 cm³/mol. The van der Waals surface area contributed by atoms with E-state index in [0.29, 0.717) is 13.2 Å². The van der Waals surface area contributed by atoms with Crippen LogP contribution in [0.3, 0.4) is 0 Å². The minimum absolute atomic E-state index is 0. The highest BCUT2D eigenvalue weighted by molar-refractivity contribution is 4.92. The number of likely N-dealkylation sites (tertiary alicyclic amines) is 2. The van der Waals surface area contributed by atoms with Gasteiger partial charge in [-0.25, -0.2) is 0 Å². The Labute approximate surface area is 216 Å². The Morgan fingerprint density at radius 2 is 1.00 bits per heavy atom. The molecule has 0 saturated carbocycles. The van der Waals surface area contributed by atoms with Gasteiger partial charge in [0.25, 0.3) is 0 Å². The number of hydrogen-bond acceptors (Lipinski definition) is 4. The molecule has 0 bridgehead atoms. The quantitative estimate of drug-likeness (QED) is 0.169. The standard InChI is InChI=1S/C22H40N2O4.2HI/c1-23(11-5-3-6-12-23)15-19-17-25-21(27-19)9-10-22-26-18-20(28-22)16-24(2)13-7-4-8-14-24;;/h9-10,19-22H,3-8,11-18H2,1-2H3;2*1H/q+2;;/p-2/b10-9+;;. The predicted octanol–water partition coefficient (Wildman–Crippen LogP) is -3.71. The van der Waals surface area contributed by atoms with Gasteiger partial charge >= 0.3 is 0 Å². The maximum absolute atomic E-state index is 6.11. The molecular formula is C22H40I2N2O4. The fourth-order valence-corrected chi connectivity index (χ4v) is 5.42. The lowest BCUT2D eigenvalue weighted by Gasteiger charge is -2.39. The van der Waals surface area contributed by atoms with Crippen LogP contribution in [0.4, 0.5) is 0 Å². The number of halogens is 2. The summed E-state index contributed by atoms with van der Waals surface area (Å²) in [4.78, 5) is 0. The van der Waals surface area contributed by atoms with Crippen LogP contribution in [0.25, 0.3) is 0 Å². The Bertz CT molecular complexity index is 493. The molecule has 0 aromatic rings. The average molecular weight is 650 g/mol. The maximum Gasteiger partial charge on any atom is 0.177 e. The van der Waals surface area contributed by atoms with Gasteiger partial charge in [-0.3, -0.25) is 0 Å². The summed E-state index contributed by atoms with van der Waals surface area (Å²) < 4.78 is 26.2. The van der Waals surface area contributed by atoms with Gasteiger partial charge in [-0.15, -0.1) is 0 Å². The monoisotopic (exact) mass is 650 g/mol. The minimum Gasteiger partial charge on any atom is -1.00 e. The van der Waals surface area contributed by atoms with Crippen LogP contribution in [-0.4, -0.2) is 100 Å². The highest BCUT2D eigenvalue weighted by atomic mass is 127. The van der Waals surface area contributed by atoms with Crippen molar-refractivity contribution < 1.29 is 75.9 Å². The Morgan fingerprint density at radius 1 is 0.633 bits per heavy atom. The first-order chi connectivity index (χ1) is 13.5. The lowest BCUT2D eigenvalue weighted by molar-refractivity contribution is -0.916. The Hall–Kier alpha value is 0.960. The zero-order chi connectivity index (χ0) is 19.5. The molecule has 176 valence electrons. The molecule has 4 fully saturated rings. The first-order valence-corrected chi connectivity index (χ1v) is 11.4. The zero-order valence-corrected chi connectivity index (χ0v) is 23.0. The van der Waals surface area contributed by atoms with Crippen molar-refractivity contribution in [2.45, 2.75) is 63.3 Å². The van der Waals surface area contributed by atoms with E-state index >= 15 is 0 Å². The average Bonchev–Trinajstić information content (AvgIpc) is 3.29. The molecule has 4 aliphatic heterocycles. The van der Waals surface area contributed by atoms with Gasteiger partial charge in [-0.2, -0.15) is 0 Å². The van der Waals surface area contributed by atoms with Gasteiger partial charge in [0.1, 0.15) is 25.3 Å².